The van der Waals surface area contributed by atoms with E-state index in [1.807, 2.05) is 54.2 Å². The predicted molar refractivity (Wildman–Crippen MR) is 96.9 cm³/mol. The summed E-state index contributed by atoms with van der Waals surface area (Å²) in [6, 6.07) is 11.5. The van der Waals surface area contributed by atoms with Gasteiger partial charge in [-0.1, -0.05) is 22.8 Å². The Labute approximate surface area is 147 Å². The quantitative estimate of drug-likeness (QED) is 0.767. The smallest absolute Gasteiger partial charge is 0.268 e. The number of carbonyl (C=O) groups is 1. The van der Waals surface area contributed by atoms with Gasteiger partial charge in [0.1, 0.15) is 5.71 Å². The van der Waals surface area contributed by atoms with Crippen LogP contribution in [0.15, 0.2) is 47.8 Å². The number of rotatable bonds is 3. The number of oxime groups is 1. The van der Waals surface area contributed by atoms with Crippen molar-refractivity contribution in [3.63, 3.8) is 0 Å². The van der Waals surface area contributed by atoms with Crippen LogP contribution in [-0.4, -0.2) is 22.3 Å². The standard InChI is InChI=1S/C17H14ClN3O2S/c1-21-8-7-10-11(3-2-4-13(10)21)19-17(22)14-9-12(20-23-14)15-5-6-16(18)24-15/h2-8,14H,9H2,1H3,(H,19,22). The Balaban J connectivity index is 1.49. The van der Waals surface area contributed by atoms with Gasteiger partial charge in [0, 0.05) is 30.6 Å². The number of aromatic nitrogens is 1. The first-order chi connectivity index (χ1) is 11.6. The van der Waals surface area contributed by atoms with E-state index in [2.05, 4.69) is 10.5 Å². The van der Waals surface area contributed by atoms with Crippen LogP contribution in [0.25, 0.3) is 10.9 Å². The number of anilines is 1. The van der Waals surface area contributed by atoms with Crippen LogP contribution in [0.3, 0.4) is 0 Å². The van der Waals surface area contributed by atoms with Crippen LogP contribution in [0, 0.1) is 0 Å². The second kappa shape index (κ2) is 5.96. The molecule has 1 atom stereocenters. The van der Waals surface area contributed by atoms with Gasteiger partial charge >= 0.3 is 0 Å². The van der Waals surface area contributed by atoms with Crippen LogP contribution in [-0.2, 0) is 16.7 Å². The highest BCUT2D eigenvalue weighted by Crippen LogP contribution is 2.28. The first-order valence-electron chi connectivity index (χ1n) is 7.45. The second-order valence-electron chi connectivity index (χ2n) is 5.59. The molecule has 0 saturated heterocycles. The van der Waals surface area contributed by atoms with Gasteiger partial charge in [-0.2, -0.15) is 0 Å². The molecule has 3 aromatic rings. The third-order valence-electron chi connectivity index (χ3n) is 4.00. The molecule has 1 aliphatic rings. The number of amides is 1. The van der Waals surface area contributed by atoms with Gasteiger partial charge in [-0.3, -0.25) is 4.79 Å². The van der Waals surface area contributed by atoms with Crippen molar-refractivity contribution in [2.75, 3.05) is 5.32 Å². The van der Waals surface area contributed by atoms with Gasteiger partial charge in [-0.15, -0.1) is 11.3 Å². The average molecular weight is 360 g/mol. The lowest BCUT2D eigenvalue weighted by molar-refractivity contribution is -0.125. The SMILES string of the molecule is Cn1ccc2c(NC(=O)C3CC(c4ccc(Cl)s4)=NO3)cccc21. The average Bonchev–Trinajstić information content (AvgIpc) is 3.28. The largest absolute Gasteiger partial charge is 0.382 e. The Morgan fingerprint density at radius 1 is 1.38 bits per heavy atom. The third-order valence-corrected chi connectivity index (χ3v) is 5.28. The minimum Gasteiger partial charge on any atom is -0.382 e. The lowest BCUT2D eigenvalue weighted by Gasteiger charge is -2.10. The Bertz CT molecular complexity index is 960. The van der Waals surface area contributed by atoms with E-state index in [0.717, 1.165) is 27.2 Å². The third kappa shape index (κ3) is 2.68. The molecule has 4 rings (SSSR count). The number of aryl methyl sites for hydroxylation is 1. The van der Waals surface area contributed by atoms with Crippen LogP contribution < -0.4 is 5.32 Å². The number of benzene rings is 1. The summed E-state index contributed by atoms with van der Waals surface area (Å²) in [6.07, 6.45) is 1.78. The lowest BCUT2D eigenvalue weighted by atomic mass is 10.1. The zero-order valence-electron chi connectivity index (χ0n) is 12.8. The minimum absolute atomic E-state index is 0.201. The number of nitrogens with zero attached hydrogens (tertiary/aromatic N) is 2. The molecule has 1 amide bonds. The molecule has 0 radical (unpaired) electrons. The molecule has 3 heterocycles. The van der Waals surface area contributed by atoms with Gasteiger partial charge in [0.05, 0.1) is 14.9 Å². The molecular formula is C17H14ClN3O2S. The van der Waals surface area contributed by atoms with Crippen LogP contribution >= 0.6 is 22.9 Å². The zero-order valence-corrected chi connectivity index (χ0v) is 14.4. The highest BCUT2D eigenvalue weighted by molar-refractivity contribution is 7.18. The number of fused-ring (bicyclic) bond motifs is 1. The maximum absolute atomic E-state index is 12.5. The van der Waals surface area contributed by atoms with Gasteiger partial charge in [-0.25, -0.2) is 0 Å². The maximum atomic E-state index is 12.5. The maximum Gasteiger partial charge on any atom is 0.268 e. The molecule has 1 N–H and O–H groups in total. The van der Waals surface area contributed by atoms with Crippen molar-refractivity contribution in [2.24, 2.45) is 12.2 Å². The van der Waals surface area contributed by atoms with E-state index in [1.54, 1.807) is 0 Å². The summed E-state index contributed by atoms with van der Waals surface area (Å²) in [4.78, 5) is 18.8. The molecule has 122 valence electrons. The molecule has 1 aromatic carbocycles. The van der Waals surface area contributed by atoms with Crippen LogP contribution in [0.2, 0.25) is 4.34 Å². The number of carbonyl (C=O) groups excluding carboxylic acids is 1. The zero-order chi connectivity index (χ0) is 16.7. The van der Waals surface area contributed by atoms with Crippen LogP contribution in [0.5, 0.6) is 0 Å². The van der Waals surface area contributed by atoms with E-state index in [9.17, 15) is 4.79 Å². The van der Waals surface area contributed by atoms with Gasteiger partial charge in [0.2, 0.25) is 6.10 Å². The van der Waals surface area contributed by atoms with Crippen LogP contribution in [0.4, 0.5) is 5.69 Å². The van der Waals surface area contributed by atoms with Gasteiger partial charge in [0.25, 0.3) is 5.91 Å². The van der Waals surface area contributed by atoms with E-state index in [1.165, 1.54) is 11.3 Å². The number of halogens is 1. The van der Waals surface area contributed by atoms with Gasteiger partial charge in [-0.05, 0) is 30.3 Å². The Morgan fingerprint density at radius 2 is 2.25 bits per heavy atom. The summed E-state index contributed by atoms with van der Waals surface area (Å²) >= 11 is 7.37. The molecule has 0 aliphatic carbocycles. The molecule has 5 nitrogen and oxygen atoms in total. The molecule has 1 aliphatic heterocycles. The summed E-state index contributed by atoms with van der Waals surface area (Å²) < 4.78 is 2.70. The van der Waals surface area contributed by atoms with E-state index in [-0.39, 0.29) is 5.91 Å². The Hall–Kier alpha value is -2.31. The highest BCUT2D eigenvalue weighted by atomic mass is 35.5. The molecular weight excluding hydrogens is 346 g/mol. The normalized spacial score (nSPS) is 16.9. The fourth-order valence-electron chi connectivity index (χ4n) is 2.76. The van der Waals surface area contributed by atoms with Gasteiger partial charge in [0.15, 0.2) is 0 Å². The molecule has 0 fully saturated rings. The monoisotopic (exact) mass is 359 g/mol. The topological polar surface area (TPSA) is 55.6 Å². The summed E-state index contributed by atoms with van der Waals surface area (Å²) in [5.74, 6) is -0.201. The summed E-state index contributed by atoms with van der Waals surface area (Å²) in [5, 5.41) is 7.98. The molecule has 0 bridgehead atoms. The van der Waals surface area contributed by atoms with E-state index in [0.29, 0.717) is 10.8 Å². The summed E-state index contributed by atoms with van der Waals surface area (Å²) in [6.45, 7) is 0. The fraction of sp³-hybridized carbons (Fsp3) is 0.176. The second-order valence-corrected chi connectivity index (χ2v) is 7.31. The lowest BCUT2D eigenvalue weighted by Crippen LogP contribution is -2.28. The summed E-state index contributed by atoms with van der Waals surface area (Å²) in [7, 11) is 1.97. The number of hydrogen-bond donors (Lipinski definition) is 1. The van der Waals surface area contributed by atoms with Crippen molar-refractivity contribution in [3.05, 3.63) is 51.8 Å². The molecule has 0 spiro atoms. The fourth-order valence-corrected chi connectivity index (χ4v) is 3.79. The molecule has 7 heteroatoms. The van der Waals surface area contributed by atoms with Crippen molar-refractivity contribution in [1.29, 1.82) is 0 Å². The van der Waals surface area contributed by atoms with Crippen molar-refractivity contribution in [3.8, 4) is 0 Å². The van der Waals surface area contributed by atoms with Crippen LogP contribution in [0.1, 0.15) is 11.3 Å². The van der Waals surface area contributed by atoms with Crippen molar-refractivity contribution in [1.82, 2.24) is 4.57 Å². The first-order valence-corrected chi connectivity index (χ1v) is 8.64. The van der Waals surface area contributed by atoms with E-state index >= 15 is 0 Å². The molecule has 1 unspecified atom stereocenters. The van der Waals surface area contributed by atoms with Crippen molar-refractivity contribution >= 4 is 51.1 Å². The van der Waals surface area contributed by atoms with Crippen molar-refractivity contribution < 1.29 is 9.63 Å². The van der Waals surface area contributed by atoms with Crippen molar-refractivity contribution in [2.45, 2.75) is 12.5 Å². The Morgan fingerprint density at radius 3 is 3.04 bits per heavy atom. The number of hydrogen-bond acceptors (Lipinski definition) is 4. The van der Waals surface area contributed by atoms with Gasteiger partial charge < -0.3 is 14.7 Å². The number of nitrogens with one attached hydrogen (secondary N) is 1. The molecule has 24 heavy (non-hydrogen) atoms. The summed E-state index contributed by atoms with van der Waals surface area (Å²) in [5.41, 5.74) is 2.59. The molecule has 0 saturated carbocycles. The predicted octanol–water partition coefficient (Wildman–Crippen LogP) is 4.02. The first kappa shape index (κ1) is 15.2. The Kier molecular flexibility index (Phi) is 3.78. The highest BCUT2D eigenvalue weighted by Gasteiger charge is 2.29. The minimum atomic E-state index is -0.625. The number of thiophene rings is 1. The van der Waals surface area contributed by atoms with E-state index < -0.39 is 6.10 Å². The molecule has 2 aromatic heterocycles. The van der Waals surface area contributed by atoms with E-state index in [4.69, 9.17) is 16.4 Å².